The number of rotatable bonds is 5. The zero-order valence-corrected chi connectivity index (χ0v) is 10.7. The van der Waals surface area contributed by atoms with Gasteiger partial charge in [-0.1, -0.05) is 0 Å². The number of nitrogens with zero attached hydrogens (tertiary/aromatic N) is 6. The van der Waals surface area contributed by atoms with Gasteiger partial charge in [0, 0.05) is 19.2 Å². The highest BCUT2D eigenvalue weighted by atomic mass is 16.3. The van der Waals surface area contributed by atoms with Crippen LogP contribution in [-0.4, -0.2) is 36.8 Å². The van der Waals surface area contributed by atoms with E-state index >= 15 is 0 Å². The maximum absolute atomic E-state index is 5.00. The number of anilines is 2. The molecular formula is C11H12N8O. The van der Waals surface area contributed by atoms with Crippen LogP contribution in [0.15, 0.2) is 35.7 Å². The van der Waals surface area contributed by atoms with Crippen LogP contribution in [0.3, 0.4) is 0 Å². The number of aromatic nitrogens is 6. The lowest BCUT2D eigenvalue weighted by molar-refractivity contribution is 0.564. The largest absolute Gasteiger partial charge is 0.472 e. The summed E-state index contributed by atoms with van der Waals surface area (Å²) < 4.78 is 6.47. The highest BCUT2D eigenvalue weighted by molar-refractivity contribution is 5.37. The predicted octanol–water partition coefficient (Wildman–Crippen LogP) is 0.699. The van der Waals surface area contributed by atoms with Crippen molar-refractivity contribution in [3.8, 4) is 5.95 Å². The number of furan rings is 1. The van der Waals surface area contributed by atoms with Gasteiger partial charge in [-0.2, -0.15) is 24.7 Å². The van der Waals surface area contributed by atoms with Crippen molar-refractivity contribution in [3.63, 3.8) is 0 Å². The molecule has 0 fully saturated rings. The third-order valence-corrected chi connectivity index (χ3v) is 2.50. The van der Waals surface area contributed by atoms with Gasteiger partial charge < -0.3 is 15.1 Å². The Labute approximate surface area is 114 Å². The van der Waals surface area contributed by atoms with Crippen LogP contribution >= 0.6 is 0 Å². The molecule has 0 aliphatic carbocycles. The van der Waals surface area contributed by atoms with Crippen molar-refractivity contribution in [1.82, 2.24) is 29.7 Å². The quantitative estimate of drug-likeness (QED) is 0.699. The first kappa shape index (κ1) is 12.1. The Bertz CT molecular complexity index is 664. The van der Waals surface area contributed by atoms with Crippen molar-refractivity contribution in [2.24, 2.45) is 0 Å². The van der Waals surface area contributed by atoms with Crippen molar-refractivity contribution in [1.29, 1.82) is 0 Å². The molecule has 3 heterocycles. The van der Waals surface area contributed by atoms with E-state index in [-0.39, 0.29) is 0 Å². The van der Waals surface area contributed by atoms with Gasteiger partial charge in [-0.3, -0.25) is 0 Å². The van der Waals surface area contributed by atoms with Gasteiger partial charge in [0.2, 0.25) is 11.9 Å². The molecule has 102 valence electrons. The minimum Gasteiger partial charge on any atom is -0.472 e. The molecule has 0 saturated carbocycles. The highest BCUT2D eigenvalue weighted by Crippen LogP contribution is 2.09. The minimum atomic E-state index is 0.386. The van der Waals surface area contributed by atoms with Crippen LogP contribution in [0.25, 0.3) is 5.95 Å². The van der Waals surface area contributed by atoms with E-state index in [9.17, 15) is 0 Å². The van der Waals surface area contributed by atoms with Crippen LogP contribution in [0.4, 0.5) is 11.9 Å². The van der Waals surface area contributed by atoms with E-state index in [2.05, 4.69) is 35.7 Å². The monoisotopic (exact) mass is 272 g/mol. The second-order valence-corrected chi connectivity index (χ2v) is 3.86. The molecule has 20 heavy (non-hydrogen) atoms. The van der Waals surface area contributed by atoms with Crippen LogP contribution < -0.4 is 10.6 Å². The van der Waals surface area contributed by atoms with E-state index in [0.717, 1.165) is 5.56 Å². The van der Waals surface area contributed by atoms with E-state index in [1.165, 1.54) is 17.3 Å². The van der Waals surface area contributed by atoms with E-state index in [1.54, 1.807) is 19.6 Å². The Morgan fingerprint density at radius 3 is 2.85 bits per heavy atom. The molecule has 0 bridgehead atoms. The molecule has 0 spiro atoms. The highest BCUT2D eigenvalue weighted by Gasteiger charge is 2.08. The van der Waals surface area contributed by atoms with E-state index < -0.39 is 0 Å². The van der Waals surface area contributed by atoms with Gasteiger partial charge in [0.1, 0.15) is 12.7 Å². The molecule has 9 nitrogen and oxygen atoms in total. The number of nitrogens with one attached hydrogen (secondary N) is 2. The average Bonchev–Trinajstić information content (AvgIpc) is 3.17. The van der Waals surface area contributed by atoms with Crippen LogP contribution in [-0.2, 0) is 6.54 Å². The van der Waals surface area contributed by atoms with Gasteiger partial charge in [-0.25, -0.2) is 4.98 Å². The predicted molar refractivity (Wildman–Crippen MR) is 70.3 cm³/mol. The summed E-state index contributed by atoms with van der Waals surface area (Å²) in [4.78, 5) is 16.6. The summed E-state index contributed by atoms with van der Waals surface area (Å²) in [5, 5.41) is 9.98. The summed E-state index contributed by atoms with van der Waals surface area (Å²) in [6.07, 6.45) is 6.21. The number of hydrogen-bond acceptors (Lipinski definition) is 8. The van der Waals surface area contributed by atoms with Gasteiger partial charge in [0.15, 0.2) is 0 Å². The third kappa shape index (κ3) is 2.55. The molecule has 2 N–H and O–H groups in total. The molecule has 9 heteroatoms. The second-order valence-electron chi connectivity index (χ2n) is 3.86. The molecule has 0 unspecified atom stereocenters. The Morgan fingerprint density at radius 1 is 1.25 bits per heavy atom. The van der Waals surface area contributed by atoms with Gasteiger partial charge >= 0.3 is 0 Å². The SMILES string of the molecule is CNc1nc(NCc2ccoc2)nc(-n2cncn2)n1. The Balaban J connectivity index is 1.84. The van der Waals surface area contributed by atoms with Gasteiger partial charge in [-0.15, -0.1) is 0 Å². The zero-order valence-electron chi connectivity index (χ0n) is 10.7. The van der Waals surface area contributed by atoms with E-state index in [4.69, 9.17) is 4.42 Å². The Morgan fingerprint density at radius 2 is 2.15 bits per heavy atom. The van der Waals surface area contributed by atoms with E-state index in [1.807, 2.05) is 6.07 Å². The summed E-state index contributed by atoms with van der Waals surface area (Å²) in [5.74, 6) is 1.27. The van der Waals surface area contributed by atoms with Gasteiger partial charge in [0.05, 0.1) is 12.5 Å². The Hall–Kier alpha value is -2.97. The van der Waals surface area contributed by atoms with Crippen LogP contribution in [0.1, 0.15) is 5.56 Å². The molecule has 0 atom stereocenters. The molecule has 0 aliphatic rings. The lowest BCUT2D eigenvalue weighted by Gasteiger charge is -2.07. The fourth-order valence-electron chi connectivity index (χ4n) is 1.54. The molecule has 0 aromatic carbocycles. The lowest BCUT2D eigenvalue weighted by Crippen LogP contribution is -2.11. The summed E-state index contributed by atoms with van der Waals surface area (Å²) >= 11 is 0. The normalized spacial score (nSPS) is 10.4. The summed E-state index contributed by atoms with van der Waals surface area (Å²) in [6, 6.07) is 1.87. The molecule has 3 aromatic heterocycles. The van der Waals surface area contributed by atoms with Crippen molar-refractivity contribution in [2.75, 3.05) is 17.7 Å². The molecule has 0 aliphatic heterocycles. The van der Waals surface area contributed by atoms with Crippen LogP contribution in [0.2, 0.25) is 0 Å². The Kier molecular flexibility index (Phi) is 3.23. The maximum Gasteiger partial charge on any atom is 0.258 e. The average molecular weight is 272 g/mol. The molecule has 3 rings (SSSR count). The first-order valence-electron chi connectivity index (χ1n) is 5.89. The summed E-state index contributed by atoms with van der Waals surface area (Å²) in [7, 11) is 1.74. The standard InChI is InChI=1S/C11H12N8O/c1-12-9-16-10(14-4-8-2-3-20-5-8)18-11(17-9)19-7-13-6-15-19/h2-3,5-7H,4H2,1H3,(H2,12,14,16,17,18). The fraction of sp³-hybridized carbons (Fsp3) is 0.182. The smallest absolute Gasteiger partial charge is 0.258 e. The molecule has 0 radical (unpaired) electrons. The lowest BCUT2D eigenvalue weighted by atomic mass is 10.3. The zero-order chi connectivity index (χ0) is 13.8. The van der Waals surface area contributed by atoms with Gasteiger partial charge in [0.25, 0.3) is 5.95 Å². The second kappa shape index (κ2) is 5.34. The molecule has 0 amide bonds. The maximum atomic E-state index is 5.00. The molecule has 3 aromatic rings. The van der Waals surface area contributed by atoms with E-state index in [0.29, 0.717) is 24.4 Å². The summed E-state index contributed by atoms with van der Waals surface area (Å²) in [5.41, 5.74) is 0.999. The van der Waals surface area contributed by atoms with Crippen molar-refractivity contribution in [2.45, 2.75) is 6.54 Å². The third-order valence-electron chi connectivity index (χ3n) is 2.50. The van der Waals surface area contributed by atoms with Crippen molar-refractivity contribution >= 4 is 11.9 Å². The van der Waals surface area contributed by atoms with Crippen LogP contribution in [0, 0.1) is 0 Å². The molecular weight excluding hydrogens is 260 g/mol. The molecule has 0 saturated heterocycles. The van der Waals surface area contributed by atoms with Crippen molar-refractivity contribution < 1.29 is 4.42 Å². The summed E-state index contributed by atoms with van der Waals surface area (Å²) in [6.45, 7) is 0.556. The van der Waals surface area contributed by atoms with Crippen molar-refractivity contribution in [3.05, 3.63) is 36.8 Å². The minimum absolute atomic E-state index is 0.386. The van der Waals surface area contributed by atoms with Gasteiger partial charge in [-0.05, 0) is 6.07 Å². The fourth-order valence-corrected chi connectivity index (χ4v) is 1.54. The van der Waals surface area contributed by atoms with Crippen LogP contribution in [0.5, 0.6) is 0 Å². The first-order chi connectivity index (χ1) is 9.85. The number of hydrogen-bond donors (Lipinski definition) is 2. The topological polar surface area (TPSA) is 107 Å². The first-order valence-corrected chi connectivity index (χ1v) is 5.89.